The molecule has 0 amide bonds. The van der Waals surface area contributed by atoms with Gasteiger partial charge in [-0.05, 0) is 29.2 Å². The van der Waals surface area contributed by atoms with Gasteiger partial charge in [0, 0.05) is 0 Å². The van der Waals surface area contributed by atoms with Crippen molar-refractivity contribution in [3.05, 3.63) is 70.8 Å². The number of aromatic carboxylic acids is 1. The molecule has 0 bridgehead atoms. The lowest BCUT2D eigenvalue weighted by atomic mass is 9.97. The summed E-state index contributed by atoms with van der Waals surface area (Å²) in [5, 5.41) is 9.21. The van der Waals surface area contributed by atoms with E-state index in [1.165, 1.54) is 0 Å². The third-order valence-corrected chi connectivity index (χ3v) is 2.89. The van der Waals surface area contributed by atoms with Crippen molar-refractivity contribution in [1.29, 1.82) is 0 Å². The molecule has 2 aromatic rings. The first-order valence-electron chi connectivity index (χ1n) is 5.91. The Labute approximate surface area is 111 Å². The highest BCUT2D eigenvalue weighted by Crippen LogP contribution is 2.17. The van der Waals surface area contributed by atoms with E-state index in [0.29, 0.717) is 12.0 Å². The molecule has 0 saturated heterocycles. The van der Waals surface area contributed by atoms with Crippen LogP contribution in [0.3, 0.4) is 0 Å². The van der Waals surface area contributed by atoms with Crippen LogP contribution in [-0.2, 0) is 17.9 Å². The third-order valence-electron chi connectivity index (χ3n) is 2.89. The number of hydrogen-bond donors (Lipinski definition) is 2. The molecule has 0 radical (unpaired) electrons. The Morgan fingerprint density at radius 1 is 1.11 bits per heavy atom. The van der Waals surface area contributed by atoms with Crippen LogP contribution < -0.4 is 5.90 Å². The number of nitrogens with two attached hydrogens (primary N) is 1. The molecule has 3 N–H and O–H groups in total. The second-order valence-corrected chi connectivity index (χ2v) is 4.27. The molecule has 98 valence electrons. The van der Waals surface area contributed by atoms with E-state index in [-0.39, 0.29) is 6.61 Å². The van der Waals surface area contributed by atoms with E-state index in [9.17, 15) is 9.90 Å². The maximum absolute atomic E-state index is 11.2. The minimum absolute atomic E-state index is 0.266. The fraction of sp³-hybridized carbons (Fsp3) is 0.133. The lowest BCUT2D eigenvalue weighted by molar-refractivity contribution is 0.0695. The van der Waals surface area contributed by atoms with Gasteiger partial charge in [-0.25, -0.2) is 10.7 Å². The third kappa shape index (κ3) is 3.40. The van der Waals surface area contributed by atoms with Crippen LogP contribution in [0.4, 0.5) is 0 Å². The van der Waals surface area contributed by atoms with Crippen LogP contribution in [-0.4, -0.2) is 11.1 Å². The van der Waals surface area contributed by atoms with Gasteiger partial charge in [-0.1, -0.05) is 42.5 Å². The van der Waals surface area contributed by atoms with Gasteiger partial charge in [0.1, 0.15) is 0 Å². The Bertz CT molecular complexity index is 567. The van der Waals surface area contributed by atoms with Gasteiger partial charge in [-0.3, -0.25) is 4.84 Å². The first-order chi connectivity index (χ1) is 9.20. The van der Waals surface area contributed by atoms with Crippen molar-refractivity contribution in [2.75, 3.05) is 0 Å². The van der Waals surface area contributed by atoms with Crippen molar-refractivity contribution >= 4 is 5.97 Å². The number of benzene rings is 2. The van der Waals surface area contributed by atoms with Gasteiger partial charge in [-0.15, -0.1) is 0 Å². The zero-order valence-electron chi connectivity index (χ0n) is 10.4. The predicted octanol–water partition coefficient (Wildman–Crippen LogP) is 2.37. The highest BCUT2D eigenvalue weighted by atomic mass is 16.6. The highest BCUT2D eigenvalue weighted by molar-refractivity contribution is 5.89. The Kier molecular flexibility index (Phi) is 4.28. The second kappa shape index (κ2) is 6.13. The van der Waals surface area contributed by atoms with E-state index in [0.717, 1.165) is 16.7 Å². The van der Waals surface area contributed by atoms with Gasteiger partial charge in [0.25, 0.3) is 0 Å². The zero-order valence-corrected chi connectivity index (χ0v) is 10.4. The van der Waals surface area contributed by atoms with E-state index in [1.54, 1.807) is 12.1 Å². The monoisotopic (exact) mass is 257 g/mol. The first-order valence-corrected chi connectivity index (χ1v) is 5.91. The highest BCUT2D eigenvalue weighted by Gasteiger charge is 2.11. The largest absolute Gasteiger partial charge is 0.478 e. The Morgan fingerprint density at radius 3 is 2.47 bits per heavy atom. The van der Waals surface area contributed by atoms with Gasteiger partial charge in [0.15, 0.2) is 0 Å². The molecule has 2 aromatic carbocycles. The van der Waals surface area contributed by atoms with Crippen molar-refractivity contribution in [2.24, 2.45) is 5.90 Å². The smallest absolute Gasteiger partial charge is 0.335 e. The fourth-order valence-corrected chi connectivity index (χ4v) is 2.00. The van der Waals surface area contributed by atoms with Crippen molar-refractivity contribution in [2.45, 2.75) is 13.0 Å². The maximum Gasteiger partial charge on any atom is 0.335 e. The number of rotatable bonds is 5. The van der Waals surface area contributed by atoms with Crippen LogP contribution in [0, 0.1) is 0 Å². The summed E-state index contributed by atoms with van der Waals surface area (Å²) < 4.78 is 0. The predicted molar refractivity (Wildman–Crippen MR) is 71.6 cm³/mol. The minimum atomic E-state index is -0.925. The normalized spacial score (nSPS) is 10.4. The first kappa shape index (κ1) is 13.3. The van der Waals surface area contributed by atoms with Gasteiger partial charge in [-0.2, -0.15) is 0 Å². The van der Waals surface area contributed by atoms with E-state index in [1.807, 2.05) is 36.4 Å². The summed E-state index contributed by atoms with van der Waals surface area (Å²) in [4.78, 5) is 15.8. The number of hydrogen-bond acceptors (Lipinski definition) is 3. The molecule has 0 aliphatic heterocycles. The molecule has 4 nitrogen and oxygen atoms in total. The molecule has 0 aliphatic carbocycles. The van der Waals surface area contributed by atoms with Gasteiger partial charge in [0.2, 0.25) is 0 Å². The molecule has 2 rings (SSSR count). The summed E-state index contributed by atoms with van der Waals surface area (Å²) in [7, 11) is 0. The molecule has 0 aromatic heterocycles. The van der Waals surface area contributed by atoms with Crippen molar-refractivity contribution in [1.82, 2.24) is 0 Å². The molecule has 0 unspecified atom stereocenters. The Balaban J connectivity index is 2.35. The SMILES string of the molecule is NOCc1ccc(C(=O)O)c(Cc2ccccc2)c1. The molecular weight excluding hydrogens is 242 g/mol. The van der Waals surface area contributed by atoms with E-state index < -0.39 is 5.97 Å². The number of carbonyl (C=O) groups is 1. The van der Waals surface area contributed by atoms with E-state index >= 15 is 0 Å². The summed E-state index contributed by atoms with van der Waals surface area (Å²) in [6.07, 6.45) is 0.570. The number of carboxylic acid groups (broad SMARTS) is 1. The molecule has 0 aliphatic rings. The maximum atomic E-state index is 11.2. The Hall–Kier alpha value is -2.17. The average Bonchev–Trinajstić information content (AvgIpc) is 2.40. The molecule has 19 heavy (non-hydrogen) atoms. The molecule has 0 saturated carbocycles. The molecular formula is C15H15NO3. The summed E-state index contributed by atoms with van der Waals surface area (Å²) in [5.74, 6) is 4.12. The van der Waals surface area contributed by atoms with Crippen LogP contribution in [0.2, 0.25) is 0 Å². The van der Waals surface area contributed by atoms with Crippen LogP contribution in [0.25, 0.3) is 0 Å². The van der Waals surface area contributed by atoms with Gasteiger partial charge in [0.05, 0.1) is 12.2 Å². The molecule has 0 atom stereocenters. The van der Waals surface area contributed by atoms with Crippen LogP contribution in [0.5, 0.6) is 0 Å². The second-order valence-electron chi connectivity index (χ2n) is 4.27. The van der Waals surface area contributed by atoms with E-state index in [4.69, 9.17) is 5.90 Å². The topological polar surface area (TPSA) is 72.5 Å². The molecule has 4 heteroatoms. The summed E-state index contributed by atoms with van der Waals surface area (Å²) in [6.45, 7) is 0.266. The van der Waals surface area contributed by atoms with Gasteiger partial charge < -0.3 is 5.11 Å². The standard InChI is InChI=1S/C15H15NO3/c16-19-10-12-6-7-14(15(17)18)13(9-12)8-11-4-2-1-3-5-11/h1-7,9H,8,10,16H2,(H,17,18). The van der Waals surface area contributed by atoms with Crippen LogP contribution >= 0.6 is 0 Å². The summed E-state index contributed by atoms with van der Waals surface area (Å²) in [6, 6.07) is 14.9. The lowest BCUT2D eigenvalue weighted by Crippen LogP contribution is -2.06. The zero-order chi connectivity index (χ0) is 13.7. The van der Waals surface area contributed by atoms with Crippen molar-refractivity contribution < 1.29 is 14.7 Å². The van der Waals surface area contributed by atoms with E-state index in [2.05, 4.69) is 4.84 Å². The fourth-order valence-electron chi connectivity index (χ4n) is 2.00. The van der Waals surface area contributed by atoms with Crippen molar-refractivity contribution in [3.63, 3.8) is 0 Å². The number of carboxylic acids is 1. The quantitative estimate of drug-likeness (QED) is 0.806. The molecule has 0 fully saturated rings. The van der Waals surface area contributed by atoms with Crippen LogP contribution in [0.1, 0.15) is 27.0 Å². The van der Waals surface area contributed by atoms with Crippen LogP contribution in [0.15, 0.2) is 48.5 Å². The van der Waals surface area contributed by atoms with Crippen molar-refractivity contribution in [3.8, 4) is 0 Å². The summed E-state index contributed by atoms with van der Waals surface area (Å²) >= 11 is 0. The molecule has 0 heterocycles. The molecule has 0 spiro atoms. The lowest BCUT2D eigenvalue weighted by Gasteiger charge is -2.09. The summed E-state index contributed by atoms with van der Waals surface area (Å²) in [5.41, 5.74) is 2.99. The minimum Gasteiger partial charge on any atom is -0.478 e. The average molecular weight is 257 g/mol. The van der Waals surface area contributed by atoms with Gasteiger partial charge >= 0.3 is 5.97 Å². The Morgan fingerprint density at radius 2 is 1.84 bits per heavy atom.